The van der Waals surface area contributed by atoms with Crippen molar-refractivity contribution in [3.8, 4) is 5.75 Å². The Morgan fingerprint density at radius 2 is 2.18 bits per heavy atom. The summed E-state index contributed by atoms with van der Waals surface area (Å²) in [5, 5.41) is 7.40. The standard InChI is InChI=1S/C14H17NOS/c1-15-10-13-3-2-4-14(9-13)16-7-5-12-6-8-17-11-12/h2-4,6,8-9,11,15H,5,7,10H2,1H3. The molecule has 0 aliphatic rings. The zero-order valence-corrected chi connectivity index (χ0v) is 10.8. The number of hydrogen-bond donors (Lipinski definition) is 1. The van der Waals surface area contributed by atoms with Crippen LogP contribution < -0.4 is 10.1 Å². The van der Waals surface area contributed by atoms with Gasteiger partial charge < -0.3 is 10.1 Å². The highest BCUT2D eigenvalue weighted by Gasteiger charge is 1.97. The van der Waals surface area contributed by atoms with Gasteiger partial charge in [-0.15, -0.1) is 0 Å². The van der Waals surface area contributed by atoms with E-state index in [1.807, 2.05) is 19.2 Å². The van der Waals surface area contributed by atoms with Gasteiger partial charge in [-0.25, -0.2) is 0 Å². The van der Waals surface area contributed by atoms with E-state index in [9.17, 15) is 0 Å². The van der Waals surface area contributed by atoms with Gasteiger partial charge >= 0.3 is 0 Å². The summed E-state index contributed by atoms with van der Waals surface area (Å²) in [4.78, 5) is 0. The molecule has 0 atom stereocenters. The summed E-state index contributed by atoms with van der Waals surface area (Å²) in [5.41, 5.74) is 2.60. The van der Waals surface area contributed by atoms with E-state index in [1.165, 1.54) is 11.1 Å². The fraction of sp³-hybridized carbons (Fsp3) is 0.286. The van der Waals surface area contributed by atoms with Crippen molar-refractivity contribution < 1.29 is 4.74 Å². The van der Waals surface area contributed by atoms with Gasteiger partial charge in [-0.05, 0) is 47.1 Å². The zero-order chi connectivity index (χ0) is 11.9. The third-order valence-corrected chi connectivity index (χ3v) is 3.25. The first kappa shape index (κ1) is 12.1. The number of thiophene rings is 1. The molecule has 1 N–H and O–H groups in total. The third kappa shape index (κ3) is 3.88. The maximum atomic E-state index is 5.74. The normalized spacial score (nSPS) is 10.4. The fourth-order valence-corrected chi connectivity index (χ4v) is 2.37. The van der Waals surface area contributed by atoms with Gasteiger partial charge in [-0.2, -0.15) is 11.3 Å². The molecule has 2 rings (SSSR count). The predicted octanol–water partition coefficient (Wildman–Crippen LogP) is 3.09. The molecule has 0 radical (unpaired) electrons. The van der Waals surface area contributed by atoms with Crippen molar-refractivity contribution in [1.29, 1.82) is 0 Å². The Kier molecular flexibility index (Phi) is 4.59. The van der Waals surface area contributed by atoms with E-state index < -0.39 is 0 Å². The van der Waals surface area contributed by atoms with Crippen LogP contribution in [-0.2, 0) is 13.0 Å². The lowest BCUT2D eigenvalue weighted by Crippen LogP contribution is -2.05. The lowest BCUT2D eigenvalue weighted by atomic mass is 10.2. The van der Waals surface area contributed by atoms with Gasteiger partial charge in [0, 0.05) is 13.0 Å². The van der Waals surface area contributed by atoms with Gasteiger partial charge in [0.2, 0.25) is 0 Å². The molecular weight excluding hydrogens is 230 g/mol. The van der Waals surface area contributed by atoms with Gasteiger partial charge in [0.1, 0.15) is 5.75 Å². The Morgan fingerprint density at radius 1 is 1.24 bits per heavy atom. The second-order valence-electron chi connectivity index (χ2n) is 3.91. The van der Waals surface area contributed by atoms with Crippen molar-refractivity contribution >= 4 is 11.3 Å². The van der Waals surface area contributed by atoms with Crippen molar-refractivity contribution in [3.63, 3.8) is 0 Å². The van der Waals surface area contributed by atoms with Crippen LogP contribution in [0.5, 0.6) is 5.75 Å². The Balaban J connectivity index is 1.84. The van der Waals surface area contributed by atoms with Crippen LogP contribution in [0.15, 0.2) is 41.1 Å². The number of benzene rings is 1. The number of rotatable bonds is 6. The van der Waals surface area contributed by atoms with Crippen molar-refractivity contribution in [2.24, 2.45) is 0 Å². The molecule has 17 heavy (non-hydrogen) atoms. The molecule has 0 aliphatic carbocycles. The molecule has 0 unspecified atom stereocenters. The van der Waals surface area contributed by atoms with Crippen molar-refractivity contribution in [2.45, 2.75) is 13.0 Å². The van der Waals surface area contributed by atoms with E-state index in [-0.39, 0.29) is 0 Å². The SMILES string of the molecule is CNCc1cccc(OCCc2ccsc2)c1. The van der Waals surface area contributed by atoms with Gasteiger partial charge in [-0.3, -0.25) is 0 Å². The molecule has 1 heterocycles. The topological polar surface area (TPSA) is 21.3 Å². The highest BCUT2D eigenvalue weighted by molar-refractivity contribution is 7.07. The highest BCUT2D eigenvalue weighted by atomic mass is 32.1. The van der Waals surface area contributed by atoms with Crippen LogP contribution in [0.4, 0.5) is 0 Å². The summed E-state index contributed by atoms with van der Waals surface area (Å²) >= 11 is 1.73. The lowest BCUT2D eigenvalue weighted by Gasteiger charge is -2.07. The van der Waals surface area contributed by atoms with E-state index in [1.54, 1.807) is 11.3 Å². The lowest BCUT2D eigenvalue weighted by molar-refractivity contribution is 0.321. The Hall–Kier alpha value is -1.32. The van der Waals surface area contributed by atoms with Gasteiger partial charge in [0.05, 0.1) is 6.61 Å². The molecule has 90 valence electrons. The second-order valence-corrected chi connectivity index (χ2v) is 4.69. The van der Waals surface area contributed by atoms with E-state index in [4.69, 9.17) is 4.74 Å². The zero-order valence-electron chi connectivity index (χ0n) is 9.98. The summed E-state index contributed by atoms with van der Waals surface area (Å²) in [6.07, 6.45) is 0.972. The van der Waals surface area contributed by atoms with Crippen molar-refractivity contribution in [1.82, 2.24) is 5.32 Å². The first-order valence-corrected chi connectivity index (χ1v) is 6.70. The molecule has 0 spiro atoms. The fourth-order valence-electron chi connectivity index (χ4n) is 1.67. The second kappa shape index (κ2) is 6.42. The molecule has 0 amide bonds. The summed E-state index contributed by atoms with van der Waals surface area (Å²) in [7, 11) is 1.95. The smallest absolute Gasteiger partial charge is 0.119 e. The van der Waals surface area contributed by atoms with Crippen LogP contribution >= 0.6 is 11.3 Å². The van der Waals surface area contributed by atoms with E-state index in [2.05, 4.69) is 34.3 Å². The van der Waals surface area contributed by atoms with Crippen LogP contribution in [-0.4, -0.2) is 13.7 Å². The van der Waals surface area contributed by atoms with Crippen LogP contribution in [0.1, 0.15) is 11.1 Å². The van der Waals surface area contributed by atoms with Crippen molar-refractivity contribution in [2.75, 3.05) is 13.7 Å². The maximum absolute atomic E-state index is 5.74. The van der Waals surface area contributed by atoms with E-state index in [0.29, 0.717) is 0 Å². The summed E-state index contributed by atoms with van der Waals surface area (Å²) in [6, 6.07) is 10.4. The monoisotopic (exact) mass is 247 g/mol. The average Bonchev–Trinajstić information content (AvgIpc) is 2.83. The Bertz CT molecular complexity index is 439. The van der Waals surface area contributed by atoms with E-state index in [0.717, 1.165) is 25.3 Å². The van der Waals surface area contributed by atoms with Gasteiger partial charge in [-0.1, -0.05) is 12.1 Å². The van der Waals surface area contributed by atoms with Gasteiger partial charge in [0.25, 0.3) is 0 Å². The van der Waals surface area contributed by atoms with Crippen LogP contribution in [0, 0.1) is 0 Å². The molecule has 1 aromatic carbocycles. The quantitative estimate of drug-likeness (QED) is 0.847. The third-order valence-electron chi connectivity index (χ3n) is 2.52. The number of nitrogens with one attached hydrogen (secondary N) is 1. The summed E-state index contributed by atoms with van der Waals surface area (Å²) in [5.74, 6) is 0.952. The molecule has 2 nitrogen and oxygen atoms in total. The van der Waals surface area contributed by atoms with Crippen LogP contribution in [0.2, 0.25) is 0 Å². The molecule has 2 aromatic rings. The summed E-state index contributed by atoms with van der Waals surface area (Å²) in [6.45, 7) is 1.61. The average molecular weight is 247 g/mol. The van der Waals surface area contributed by atoms with E-state index >= 15 is 0 Å². The van der Waals surface area contributed by atoms with Crippen LogP contribution in [0.25, 0.3) is 0 Å². The van der Waals surface area contributed by atoms with Crippen molar-refractivity contribution in [3.05, 3.63) is 52.2 Å². The minimum atomic E-state index is 0.736. The number of hydrogen-bond acceptors (Lipinski definition) is 3. The minimum Gasteiger partial charge on any atom is -0.493 e. The molecule has 0 aliphatic heterocycles. The number of ether oxygens (including phenoxy) is 1. The Labute approximate surface area is 106 Å². The largest absolute Gasteiger partial charge is 0.493 e. The molecule has 0 fully saturated rings. The molecular formula is C14H17NOS. The first-order chi connectivity index (χ1) is 8.38. The molecule has 0 bridgehead atoms. The first-order valence-electron chi connectivity index (χ1n) is 5.76. The molecule has 1 aromatic heterocycles. The minimum absolute atomic E-state index is 0.736. The van der Waals surface area contributed by atoms with Crippen LogP contribution in [0.3, 0.4) is 0 Å². The highest BCUT2D eigenvalue weighted by Crippen LogP contribution is 2.14. The maximum Gasteiger partial charge on any atom is 0.119 e. The molecule has 0 saturated carbocycles. The molecule has 0 saturated heterocycles. The molecule has 3 heteroatoms. The van der Waals surface area contributed by atoms with Gasteiger partial charge in [0.15, 0.2) is 0 Å². The summed E-state index contributed by atoms with van der Waals surface area (Å²) < 4.78 is 5.74. The predicted molar refractivity (Wildman–Crippen MR) is 72.7 cm³/mol. The Morgan fingerprint density at radius 3 is 2.94 bits per heavy atom.